The maximum atomic E-state index is 12.7. The average Bonchev–Trinajstić information content (AvgIpc) is 2.45. The van der Waals surface area contributed by atoms with E-state index < -0.39 is 11.7 Å². The number of aromatic nitrogens is 1. The van der Waals surface area contributed by atoms with Crippen molar-refractivity contribution >= 4 is 0 Å². The molecule has 0 radical (unpaired) electrons. The minimum atomic E-state index is -4.31. The molecule has 0 spiro atoms. The van der Waals surface area contributed by atoms with Gasteiger partial charge in [-0.25, -0.2) is 0 Å². The van der Waals surface area contributed by atoms with E-state index in [-0.39, 0.29) is 6.04 Å². The number of hydrogen-bond acceptors (Lipinski definition) is 2. The summed E-state index contributed by atoms with van der Waals surface area (Å²) >= 11 is 0. The summed E-state index contributed by atoms with van der Waals surface area (Å²) in [4.78, 5) is 4.09. The smallest absolute Gasteiger partial charge is 0.313 e. The van der Waals surface area contributed by atoms with E-state index in [0.29, 0.717) is 12.0 Å². The molecule has 0 fully saturated rings. The summed E-state index contributed by atoms with van der Waals surface area (Å²) in [6, 6.07) is 7.28. The van der Waals surface area contributed by atoms with Crippen molar-refractivity contribution in [3.63, 3.8) is 0 Å². The topological polar surface area (TPSA) is 24.9 Å². The van der Waals surface area contributed by atoms with Gasteiger partial charge in [-0.15, -0.1) is 0 Å². The molecule has 0 saturated carbocycles. The Morgan fingerprint density at radius 1 is 1.24 bits per heavy atom. The summed E-state index contributed by atoms with van der Waals surface area (Å²) in [6.45, 7) is 1.97. The first-order chi connectivity index (χ1) is 9.91. The predicted octanol–water partition coefficient (Wildman–Crippen LogP) is 3.91. The van der Waals surface area contributed by atoms with Crippen LogP contribution in [0.25, 0.3) is 0 Å². The zero-order chi connectivity index (χ0) is 15.5. The fourth-order valence-corrected chi connectivity index (χ4v) is 2.32. The van der Waals surface area contributed by atoms with Gasteiger partial charge < -0.3 is 5.32 Å². The molecule has 5 heteroatoms. The summed E-state index contributed by atoms with van der Waals surface area (Å²) in [5.41, 5.74) is 2.10. The van der Waals surface area contributed by atoms with E-state index in [9.17, 15) is 13.2 Å². The molecular weight excluding hydrogens is 277 g/mol. The van der Waals surface area contributed by atoms with Crippen LogP contribution in [0.1, 0.15) is 28.3 Å². The highest BCUT2D eigenvalue weighted by atomic mass is 19.4. The van der Waals surface area contributed by atoms with Gasteiger partial charge in [0.05, 0.1) is 5.56 Å². The quantitative estimate of drug-likeness (QED) is 0.924. The first-order valence-electron chi connectivity index (χ1n) is 6.65. The molecule has 0 aliphatic heterocycles. The van der Waals surface area contributed by atoms with E-state index in [1.54, 1.807) is 25.5 Å². The van der Waals surface area contributed by atoms with Crippen LogP contribution in [0.5, 0.6) is 0 Å². The highest BCUT2D eigenvalue weighted by Crippen LogP contribution is 2.30. The molecule has 0 bridgehead atoms. The maximum absolute atomic E-state index is 12.7. The molecule has 1 aromatic carbocycles. The average molecular weight is 294 g/mol. The third-order valence-corrected chi connectivity index (χ3v) is 3.50. The number of alkyl halides is 3. The van der Waals surface area contributed by atoms with Gasteiger partial charge in [-0.2, -0.15) is 13.2 Å². The van der Waals surface area contributed by atoms with Crippen LogP contribution in [-0.2, 0) is 12.6 Å². The van der Waals surface area contributed by atoms with Crippen molar-refractivity contribution < 1.29 is 13.2 Å². The summed E-state index contributed by atoms with van der Waals surface area (Å²) in [7, 11) is 1.80. The molecule has 2 nitrogen and oxygen atoms in total. The Hall–Kier alpha value is -1.88. The summed E-state index contributed by atoms with van der Waals surface area (Å²) < 4.78 is 38.2. The molecule has 1 N–H and O–H groups in total. The number of nitrogens with one attached hydrogen (secondary N) is 1. The standard InChI is InChI=1S/C16H17F3N2/c1-11-6-7-21-10-14(11)15(20-2)9-12-4-3-5-13(8-12)16(17,18)19/h3-8,10,15,20H,9H2,1-2H3. The van der Waals surface area contributed by atoms with Crippen molar-refractivity contribution in [2.24, 2.45) is 0 Å². The van der Waals surface area contributed by atoms with E-state index in [1.807, 2.05) is 13.0 Å². The lowest BCUT2D eigenvalue weighted by molar-refractivity contribution is -0.137. The highest BCUT2D eigenvalue weighted by molar-refractivity contribution is 5.30. The van der Waals surface area contributed by atoms with Crippen molar-refractivity contribution in [3.05, 3.63) is 65.0 Å². The Bertz CT molecular complexity index is 608. The molecule has 1 atom stereocenters. The molecule has 0 saturated heterocycles. The first-order valence-corrected chi connectivity index (χ1v) is 6.65. The van der Waals surface area contributed by atoms with E-state index in [4.69, 9.17) is 0 Å². The zero-order valence-corrected chi connectivity index (χ0v) is 11.9. The lowest BCUT2D eigenvalue weighted by Crippen LogP contribution is -2.20. The minimum absolute atomic E-state index is 0.0674. The van der Waals surface area contributed by atoms with Gasteiger partial charge in [0.2, 0.25) is 0 Å². The van der Waals surface area contributed by atoms with E-state index in [1.165, 1.54) is 12.1 Å². The van der Waals surface area contributed by atoms with Gasteiger partial charge in [0.15, 0.2) is 0 Å². The number of benzene rings is 1. The Labute approximate surface area is 122 Å². The Morgan fingerprint density at radius 3 is 2.62 bits per heavy atom. The van der Waals surface area contributed by atoms with Gasteiger partial charge in [0.1, 0.15) is 0 Å². The summed E-state index contributed by atoms with van der Waals surface area (Å²) in [5.74, 6) is 0. The fourth-order valence-electron chi connectivity index (χ4n) is 2.32. The molecule has 1 aromatic heterocycles. The van der Waals surface area contributed by atoms with Crippen LogP contribution >= 0.6 is 0 Å². The van der Waals surface area contributed by atoms with Crippen LogP contribution in [0.3, 0.4) is 0 Å². The third-order valence-electron chi connectivity index (χ3n) is 3.50. The second-order valence-electron chi connectivity index (χ2n) is 4.98. The van der Waals surface area contributed by atoms with Gasteiger partial charge in [0.25, 0.3) is 0 Å². The fraction of sp³-hybridized carbons (Fsp3) is 0.312. The van der Waals surface area contributed by atoms with Crippen LogP contribution in [0.15, 0.2) is 42.7 Å². The third kappa shape index (κ3) is 3.82. The monoisotopic (exact) mass is 294 g/mol. The van der Waals surface area contributed by atoms with Gasteiger partial charge >= 0.3 is 6.18 Å². The molecule has 0 aliphatic carbocycles. The number of likely N-dealkylation sites (N-methyl/N-ethyl adjacent to an activating group) is 1. The summed E-state index contributed by atoms with van der Waals surface area (Å²) in [5, 5.41) is 3.14. The highest BCUT2D eigenvalue weighted by Gasteiger charge is 2.30. The van der Waals surface area contributed by atoms with Crippen molar-refractivity contribution in [2.75, 3.05) is 7.05 Å². The molecule has 1 heterocycles. The lowest BCUT2D eigenvalue weighted by atomic mass is 9.96. The van der Waals surface area contributed by atoms with Crippen LogP contribution in [0.2, 0.25) is 0 Å². The second-order valence-corrected chi connectivity index (χ2v) is 4.98. The van der Waals surface area contributed by atoms with Gasteiger partial charge in [-0.3, -0.25) is 4.98 Å². The first kappa shape index (κ1) is 15.5. The maximum Gasteiger partial charge on any atom is 0.416 e. The molecule has 2 aromatic rings. The SMILES string of the molecule is CNC(Cc1cccc(C(F)(F)F)c1)c1cnccc1C. The predicted molar refractivity (Wildman–Crippen MR) is 75.9 cm³/mol. The van der Waals surface area contributed by atoms with Gasteiger partial charge in [-0.1, -0.05) is 18.2 Å². The van der Waals surface area contributed by atoms with E-state index in [0.717, 1.165) is 17.2 Å². The second kappa shape index (κ2) is 6.26. The van der Waals surface area contributed by atoms with Crippen LogP contribution < -0.4 is 5.32 Å². The number of rotatable bonds is 4. The summed E-state index contributed by atoms with van der Waals surface area (Å²) in [6.07, 6.45) is -0.373. The molecule has 0 amide bonds. The Balaban J connectivity index is 2.26. The molecule has 112 valence electrons. The van der Waals surface area contributed by atoms with Crippen LogP contribution in [-0.4, -0.2) is 12.0 Å². The number of hydrogen-bond donors (Lipinski definition) is 1. The number of pyridine rings is 1. The molecular formula is C16H17F3N2. The lowest BCUT2D eigenvalue weighted by Gasteiger charge is -2.19. The molecule has 1 unspecified atom stereocenters. The van der Waals surface area contributed by atoms with Crippen LogP contribution in [0, 0.1) is 6.92 Å². The van der Waals surface area contributed by atoms with Crippen LogP contribution in [0.4, 0.5) is 13.2 Å². The molecule has 0 aliphatic rings. The Morgan fingerprint density at radius 2 is 2.00 bits per heavy atom. The Kier molecular flexibility index (Phi) is 4.63. The number of aryl methyl sites for hydroxylation is 1. The van der Waals surface area contributed by atoms with Crippen molar-refractivity contribution in [3.8, 4) is 0 Å². The van der Waals surface area contributed by atoms with Crippen molar-refractivity contribution in [2.45, 2.75) is 25.6 Å². The normalized spacial score (nSPS) is 13.2. The number of halogens is 3. The number of nitrogens with zero attached hydrogens (tertiary/aromatic N) is 1. The molecule has 2 rings (SSSR count). The minimum Gasteiger partial charge on any atom is -0.313 e. The van der Waals surface area contributed by atoms with Crippen molar-refractivity contribution in [1.29, 1.82) is 0 Å². The largest absolute Gasteiger partial charge is 0.416 e. The van der Waals surface area contributed by atoms with Crippen molar-refractivity contribution in [1.82, 2.24) is 10.3 Å². The molecule has 21 heavy (non-hydrogen) atoms. The van der Waals surface area contributed by atoms with E-state index >= 15 is 0 Å². The van der Waals surface area contributed by atoms with E-state index in [2.05, 4.69) is 10.3 Å². The van der Waals surface area contributed by atoms with Gasteiger partial charge in [0, 0.05) is 18.4 Å². The zero-order valence-electron chi connectivity index (χ0n) is 11.9. The van der Waals surface area contributed by atoms with Gasteiger partial charge in [-0.05, 0) is 49.2 Å².